The maximum Gasteiger partial charge on any atom is 0.329 e. The fourth-order valence-corrected chi connectivity index (χ4v) is 9.94. The highest BCUT2D eigenvalue weighted by atomic mass is 19.3. The molecule has 1 heterocycles. The molecule has 1 aromatic carbocycles. The monoisotopic (exact) mass is 1260 g/mol. The van der Waals surface area contributed by atoms with Crippen LogP contribution in [0.25, 0.3) is 0 Å². The second-order valence-corrected chi connectivity index (χ2v) is 23.4. The standard InChI is InChI=1S/C59H96F2N14O14/c1-12-29(5)42(71-49(80)38(64-11)24-35-20-17-16-18-21-35)52(83)68-39(27-76)50(81)67-37(22-19-23-65-58(62)63)48(79)70-44(31(7)14-3)54(85)72-43(30(6)13-2)53(84)69-40(28-77)51(82)73-46-34(10)89-56(87)45(32(8)15-4)74-57(88)59(26-36(59)25-41(60)61)75-47(78)33(9)66-55(46)86/h16-18,20-21,29-34,36-46,64,76-77H,12-15,19,22-28H2,1-11H3,(H,66,86)(H,67,81)(H,68,83)(H,69,84)(H,70,79)(H,71,80)(H,72,85)(H,73,82)(H,74,88)(H,75,78)(H4,62,63,65)/t29-,30-,31-,32-,33-,34-,36?,37+,38+,39-,40-,42-,43-,44+,45-,46+,59?/m0/s1. The number of aliphatic hydroxyl groups is 2. The van der Waals surface area contributed by atoms with Crippen molar-refractivity contribution >= 4 is 71.0 Å². The first-order valence-corrected chi connectivity index (χ1v) is 30.5. The van der Waals surface area contributed by atoms with Gasteiger partial charge >= 0.3 is 5.97 Å². The van der Waals surface area contributed by atoms with E-state index < -0.39 is 193 Å². The predicted octanol–water partition coefficient (Wildman–Crippen LogP) is -1.89. The average Bonchev–Trinajstić information content (AvgIpc) is 1.75. The summed E-state index contributed by atoms with van der Waals surface area (Å²) in [5.74, 6) is -14.1. The smallest absolute Gasteiger partial charge is 0.329 e. The molecule has 3 rings (SSSR count). The van der Waals surface area contributed by atoms with E-state index in [0.717, 1.165) is 5.56 Å². The number of benzene rings is 1. The number of esters is 1. The van der Waals surface area contributed by atoms with Crippen LogP contribution in [0.4, 0.5) is 8.78 Å². The molecule has 2 aliphatic rings. The van der Waals surface area contributed by atoms with E-state index in [4.69, 9.17) is 15.9 Å². The van der Waals surface area contributed by atoms with E-state index in [0.29, 0.717) is 19.3 Å². The molecule has 1 aliphatic carbocycles. The Balaban J connectivity index is 1.87. The van der Waals surface area contributed by atoms with Gasteiger partial charge in [-0.1, -0.05) is 111 Å². The quantitative estimate of drug-likeness (QED) is 0.0158. The van der Waals surface area contributed by atoms with Crippen LogP contribution in [-0.4, -0.2) is 187 Å². The summed E-state index contributed by atoms with van der Waals surface area (Å²) in [5, 5.41) is 59.5. The lowest BCUT2D eigenvalue weighted by Crippen LogP contribution is -2.63. The number of cyclic esters (lactones) is 1. The summed E-state index contributed by atoms with van der Waals surface area (Å²) in [6, 6.07) is -5.22. The number of hydrogen-bond acceptors (Lipinski definition) is 16. The number of rotatable bonds is 33. The van der Waals surface area contributed by atoms with Gasteiger partial charge in [0, 0.05) is 13.0 Å². The summed E-state index contributed by atoms with van der Waals surface area (Å²) in [5.41, 5.74) is 4.51. The van der Waals surface area contributed by atoms with Crippen LogP contribution in [0.15, 0.2) is 30.3 Å². The van der Waals surface area contributed by atoms with Crippen LogP contribution in [0.1, 0.15) is 126 Å². The Bertz CT molecular complexity index is 2610. The minimum absolute atomic E-state index is 0.0603. The van der Waals surface area contributed by atoms with E-state index in [2.05, 4.69) is 63.8 Å². The van der Waals surface area contributed by atoms with Gasteiger partial charge in [-0.15, -0.1) is 0 Å². The molecular formula is C59H96F2N14O14. The minimum Gasteiger partial charge on any atom is -0.458 e. The molecule has 1 spiro atoms. The number of hydrogen-bond donors (Lipinski definition) is 16. The number of nitrogens with one attached hydrogen (secondary N) is 13. The number of aliphatic hydroxyl groups excluding tert-OH is 2. The van der Waals surface area contributed by atoms with E-state index in [1.807, 2.05) is 30.3 Å². The molecule has 1 aromatic rings. The number of carbonyl (C=O) groups excluding carboxylic acids is 11. The summed E-state index contributed by atoms with van der Waals surface area (Å²) in [4.78, 5) is 154. The average molecular weight is 1260 g/mol. The molecule has 0 bridgehead atoms. The summed E-state index contributed by atoms with van der Waals surface area (Å²) < 4.78 is 32.8. The first kappa shape index (κ1) is 75.6. The molecule has 2 fully saturated rings. The summed E-state index contributed by atoms with van der Waals surface area (Å²) >= 11 is 0. The highest BCUT2D eigenvalue weighted by Crippen LogP contribution is 2.48. The lowest BCUT2D eigenvalue weighted by atomic mass is 9.94. The topological polar surface area (TPSA) is 432 Å². The molecular weight excluding hydrogens is 1170 g/mol. The Morgan fingerprint density at radius 3 is 1.65 bits per heavy atom. The number of guanidine groups is 1. The minimum atomic E-state index is -2.83. The van der Waals surface area contributed by atoms with Crippen molar-refractivity contribution in [3.05, 3.63) is 35.9 Å². The molecule has 89 heavy (non-hydrogen) atoms. The molecule has 1 saturated heterocycles. The fraction of sp³-hybridized carbons (Fsp3) is 0.695. The third-order valence-electron chi connectivity index (χ3n) is 16.8. The van der Waals surface area contributed by atoms with Crippen LogP contribution in [0.5, 0.6) is 0 Å². The lowest BCUT2D eigenvalue weighted by Gasteiger charge is -2.31. The third kappa shape index (κ3) is 22.1. The molecule has 17 N–H and O–H groups in total. The molecule has 1 aliphatic heterocycles. The van der Waals surface area contributed by atoms with Gasteiger partial charge in [0.15, 0.2) is 5.96 Å². The molecule has 1 saturated carbocycles. The van der Waals surface area contributed by atoms with Gasteiger partial charge < -0.3 is 84.5 Å². The molecule has 10 amide bonds. The van der Waals surface area contributed by atoms with Gasteiger partial charge in [-0.2, -0.15) is 0 Å². The van der Waals surface area contributed by atoms with Gasteiger partial charge in [-0.25, -0.2) is 13.6 Å². The van der Waals surface area contributed by atoms with Crippen molar-refractivity contribution in [2.45, 2.75) is 206 Å². The van der Waals surface area contributed by atoms with Crippen molar-refractivity contribution in [3.63, 3.8) is 0 Å². The van der Waals surface area contributed by atoms with Gasteiger partial charge in [0.25, 0.3) is 0 Å². The normalized spacial score (nSPS) is 23.2. The fourth-order valence-electron chi connectivity index (χ4n) is 9.94. The zero-order chi connectivity index (χ0) is 67.0. The Hall–Kier alpha value is -7.60. The van der Waals surface area contributed by atoms with Gasteiger partial charge in [0.1, 0.15) is 66.0 Å². The second kappa shape index (κ2) is 36.2. The van der Waals surface area contributed by atoms with Gasteiger partial charge in [-0.3, -0.25) is 53.4 Å². The van der Waals surface area contributed by atoms with E-state index in [1.165, 1.54) is 13.8 Å². The summed E-state index contributed by atoms with van der Waals surface area (Å²) in [6.07, 6.45) is -3.78. The summed E-state index contributed by atoms with van der Waals surface area (Å²) in [6.45, 7) is 14.0. The molecule has 30 heteroatoms. The van der Waals surface area contributed by atoms with Crippen LogP contribution in [0.3, 0.4) is 0 Å². The van der Waals surface area contributed by atoms with Crippen LogP contribution in [0.2, 0.25) is 0 Å². The van der Waals surface area contributed by atoms with Gasteiger partial charge in [0.2, 0.25) is 65.5 Å². The van der Waals surface area contributed by atoms with E-state index in [-0.39, 0.29) is 44.6 Å². The van der Waals surface area contributed by atoms with Crippen molar-refractivity contribution in [3.8, 4) is 0 Å². The van der Waals surface area contributed by atoms with E-state index in [9.17, 15) is 71.7 Å². The molecule has 0 aromatic heterocycles. The number of alkyl halides is 2. The Morgan fingerprint density at radius 2 is 1.17 bits per heavy atom. The SMILES string of the molecule is CC[C@H](C)[C@H](NC(=O)[C@@H](Cc1ccccc1)NC)C(=O)N[C@@H](CO)C(=O)N[C@H](CCCNC(=N)N)C(=O)N[C@@H](C(=O)N[C@H](C(=O)N[C@@H](CO)C(=O)N[C@H]1C(=O)N[C@@H](C)C(=O)NC2(CC2CC(F)F)C(=O)N[C@@H]([C@@H](C)CC)C(=O)O[C@H]1C)[C@@H](C)CC)[C@@H](C)CC. The lowest BCUT2D eigenvalue weighted by molar-refractivity contribution is -0.157. The molecule has 500 valence electrons. The number of amides is 10. The van der Waals surface area contributed by atoms with Crippen molar-refractivity contribution < 1.29 is 76.5 Å². The van der Waals surface area contributed by atoms with Crippen molar-refractivity contribution in [2.24, 2.45) is 35.3 Å². The number of nitrogens with two attached hydrogens (primary N) is 1. The van der Waals surface area contributed by atoms with Crippen molar-refractivity contribution in [1.82, 2.24) is 63.8 Å². The van der Waals surface area contributed by atoms with E-state index in [1.54, 1.807) is 62.4 Å². The Labute approximate surface area is 518 Å². The molecule has 2 unspecified atom stereocenters. The van der Waals surface area contributed by atoms with Crippen molar-refractivity contribution in [2.75, 3.05) is 26.8 Å². The zero-order valence-electron chi connectivity index (χ0n) is 52.8. The largest absolute Gasteiger partial charge is 0.458 e. The van der Waals surface area contributed by atoms with Gasteiger partial charge in [0.05, 0.1) is 19.3 Å². The number of halogens is 2. The number of likely N-dealkylation sites (N-methyl/N-ethyl adjacent to an activating group) is 1. The first-order valence-electron chi connectivity index (χ1n) is 30.5. The van der Waals surface area contributed by atoms with Crippen LogP contribution in [-0.2, 0) is 63.9 Å². The Kier molecular flexibility index (Phi) is 30.7. The molecule has 0 radical (unpaired) electrons. The maximum atomic E-state index is 14.5. The molecule has 17 atom stereocenters. The highest BCUT2D eigenvalue weighted by Gasteiger charge is 2.62. The maximum absolute atomic E-state index is 14.5. The summed E-state index contributed by atoms with van der Waals surface area (Å²) in [7, 11) is 1.60. The van der Waals surface area contributed by atoms with E-state index >= 15 is 0 Å². The Morgan fingerprint density at radius 1 is 0.685 bits per heavy atom. The second-order valence-electron chi connectivity index (χ2n) is 23.4. The van der Waals surface area contributed by atoms with Crippen LogP contribution in [0, 0.1) is 35.0 Å². The third-order valence-corrected chi connectivity index (χ3v) is 16.8. The van der Waals surface area contributed by atoms with Crippen molar-refractivity contribution in [1.29, 1.82) is 5.41 Å². The predicted molar refractivity (Wildman–Crippen MR) is 322 cm³/mol. The number of carbonyl (C=O) groups is 11. The van der Waals surface area contributed by atoms with Crippen LogP contribution >= 0.6 is 0 Å². The first-order chi connectivity index (χ1) is 42.0. The molecule has 28 nitrogen and oxygen atoms in total. The highest BCUT2D eigenvalue weighted by molar-refractivity contribution is 6.01. The van der Waals surface area contributed by atoms with Crippen LogP contribution < -0.4 is 69.5 Å². The number of ether oxygens (including phenoxy) is 1. The van der Waals surface area contributed by atoms with Gasteiger partial charge in [-0.05, 0) is 81.7 Å². The zero-order valence-corrected chi connectivity index (χ0v) is 52.8.